The molecule has 0 amide bonds. The lowest BCUT2D eigenvalue weighted by atomic mass is 10.1. The predicted molar refractivity (Wildman–Crippen MR) is 60.8 cm³/mol. The van der Waals surface area contributed by atoms with Crippen LogP contribution in [0.3, 0.4) is 0 Å². The van der Waals surface area contributed by atoms with Crippen LogP contribution in [0.2, 0.25) is 0 Å². The number of aliphatic hydroxyl groups is 1. The highest BCUT2D eigenvalue weighted by Crippen LogP contribution is 2.18. The average Bonchev–Trinajstić information content (AvgIpc) is 2.18. The topological polar surface area (TPSA) is 55.5 Å². The van der Waals surface area contributed by atoms with Crippen LogP contribution >= 0.6 is 0 Å². The van der Waals surface area contributed by atoms with Crippen molar-refractivity contribution in [2.75, 3.05) is 6.61 Å². The molecule has 1 aromatic rings. The predicted octanol–water partition coefficient (Wildman–Crippen LogP) is 1.86. The molecule has 1 unspecified atom stereocenters. The molecule has 0 aliphatic carbocycles. The van der Waals surface area contributed by atoms with E-state index in [1.807, 2.05) is 38.1 Å². The minimum Gasteiger partial charge on any atom is -0.491 e. The van der Waals surface area contributed by atoms with Crippen molar-refractivity contribution in [2.24, 2.45) is 5.73 Å². The van der Waals surface area contributed by atoms with Gasteiger partial charge in [-0.15, -0.1) is 0 Å². The highest BCUT2D eigenvalue weighted by atomic mass is 16.5. The molecule has 0 aromatic heterocycles. The van der Waals surface area contributed by atoms with E-state index in [2.05, 4.69) is 0 Å². The van der Waals surface area contributed by atoms with Crippen LogP contribution in [-0.2, 0) is 0 Å². The molecule has 1 rings (SSSR count). The summed E-state index contributed by atoms with van der Waals surface area (Å²) in [4.78, 5) is 0. The Hall–Kier alpha value is -1.06. The lowest BCUT2D eigenvalue weighted by Crippen LogP contribution is -2.12. The second-order valence-electron chi connectivity index (χ2n) is 3.85. The van der Waals surface area contributed by atoms with Gasteiger partial charge in [0.1, 0.15) is 5.75 Å². The molecule has 0 saturated heterocycles. The number of benzene rings is 1. The Morgan fingerprint density at radius 3 is 2.33 bits per heavy atom. The lowest BCUT2D eigenvalue weighted by Gasteiger charge is -2.13. The molecule has 3 heteroatoms. The maximum absolute atomic E-state index is 8.77. The van der Waals surface area contributed by atoms with E-state index in [0.717, 1.165) is 11.3 Å². The van der Waals surface area contributed by atoms with E-state index in [0.29, 0.717) is 6.42 Å². The number of aliphatic hydroxyl groups excluding tert-OH is 1. The molecule has 0 aliphatic heterocycles. The largest absolute Gasteiger partial charge is 0.491 e. The second kappa shape index (κ2) is 5.73. The molecule has 0 heterocycles. The first kappa shape index (κ1) is 12.0. The van der Waals surface area contributed by atoms with E-state index in [1.54, 1.807) is 0 Å². The summed E-state index contributed by atoms with van der Waals surface area (Å²) in [6.07, 6.45) is 0.770. The number of hydrogen-bond acceptors (Lipinski definition) is 3. The fraction of sp³-hybridized carbons (Fsp3) is 0.500. The summed E-state index contributed by atoms with van der Waals surface area (Å²) in [5.41, 5.74) is 6.88. The minimum atomic E-state index is -0.0944. The summed E-state index contributed by atoms with van der Waals surface area (Å²) in [6.45, 7) is 4.10. The zero-order valence-electron chi connectivity index (χ0n) is 9.31. The zero-order valence-corrected chi connectivity index (χ0v) is 9.31. The summed E-state index contributed by atoms with van der Waals surface area (Å²) in [5, 5.41) is 8.77. The number of rotatable bonds is 5. The van der Waals surface area contributed by atoms with Gasteiger partial charge in [0.05, 0.1) is 6.10 Å². The van der Waals surface area contributed by atoms with Crippen LogP contribution < -0.4 is 10.5 Å². The Morgan fingerprint density at radius 1 is 1.27 bits per heavy atom. The summed E-state index contributed by atoms with van der Waals surface area (Å²) in [5.74, 6) is 0.852. The van der Waals surface area contributed by atoms with E-state index in [9.17, 15) is 0 Å². The van der Waals surface area contributed by atoms with E-state index in [4.69, 9.17) is 15.6 Å². The Morgan fingerprint density at radius 2 is 1.87 bits per heavy atom. The molecule has 0 radical (unpaired) electrons. The Bertz CT molecular complexity index is 282. The molecule has 84 valence electrons. The maximum atomic E-state index is 8.77. The zero-order chi connectivity index (χ0) is 11.3. The van der Waals surface area contributed by atoms with E-state index >= 15 is 0 Å². The third kappa shape index (κ3) is 3.90. The normalized spacial score (nSPS) is 12.9. The summed E-state index contributed by atoms with van der Waals surface area (Å²) in [7, 11) is 0. The van der Waals surface area contributed by atoms with Crippen molar-refractivity contribution in [3.05, 3.63) is 29.8 Å². The standard InChI is InChI=1S/C12H19NO2/c1-9(2)15-11-5-3-10(4-6-11)12(13)7-8-14/h3-6,9,12,14H,7-8,13H2,1-2H3. The molecule has 0 aliphatic rings. The first-order valence-corrected chi connectivity index (χ1v) is 5.26. The average molecular weight is 209 g/mol. The van der Waals surface area contributed by atoms with Crippen molar-refractivity contribution in [1.82, 2.24) is 0 Å². The number of nitrogens with two attached hydrogens (primary N) is 1. The van der Waals surface area contributed by atoms with Gasteiger partial charge in [-0.3, -0.25) is 0 Å². The third-order valence-corrected chi connectivity index (χ3v) is 2.12. The highest BCUT2D eigenvalue weighted by molar-refractivity contribution is 5.29. The molecule has 1 aromatic carbocycles. The lowest BCUT2D eigenvalue weighted by molar-refractivity contribution is 0.242. The molecular formula is C12H19NO2. The first-order chi connectivity index (χ1) is 7.13. The van der Waals surface area contributed by atoms with Gasteiger partial charge >= 0.3 is 0 Å². The van der Waals surface area contributed by atoms with Gasteiger partial charge in [0.2, 0.25) is 0 Å². The van der Waals surface area contributed by atoms with Crippen molar-refractivity contribution < 1.29 is 9.84 Å². The van der Waals surface area contributed by atoms with Crippen LogP contribution in [0.15, 0.2) is 24.3 Å². The monoisotopic (exact) mass is 209 g/mol. The van der Waals surface area contributed by atoms with Crippen molar-refractivity contribution in [3.8, 4) is 5.75 Å². The minimum absolute atomic E-state index is 0.0944. The molecule has 3 N–H and O–H groups in total. The summed E-state index contributed by atoms with van der Waals surface area (Å²) in [6, 6.07) is 7.61. The van der Waals surface area contributed by atoms with Crippen LogP contribution in [0.5, 0.6) is 5.75 Å². The van der Waals surface area contributed by atoms with Gasteiger partial charge in [-0.05, 0) is 38.0 Å². The van der Waals surface area contributed by atoms with Gasteiger partial charge in [-0.25, -0.2) is 0 Å². The Balaban J connectivity index is 2.63. The van der Waals surface area contributed by atoms with Crippen LogP contribution in [0.1, 0.15) is 31.9 Å². The van der Waals surface area contributed by atoms with Crippen LogP contribution in [0.25, 0.3) is 0 Å². The molecule has 0 fully saturated rings. The van der Waals surface area contributed by atoms with Crippen LogP contribution in [-0.4, -0.2) is 17.8 Å². The van der Waals surface area contributed by atoms with Crippen LogP contribution in [0.4, 0.5) is 0 Å². The summed E-state index contributed by atoms with van der Waals surface area (Å²) >= 11 is 0. The second-order valence-corrected chi connectivity index (χ2v) is 3.85. The molecule has 0 bridgehead atoms. The van der Waals surface area contributed by atoms with Gasteiger partial charge in [0, 0.05) is 12.6 Å². The number of hydrogen-bond donors (Lipinski definition) is 2. The molecule has 3 nitrogen and oxygen atoms in total. The van der Waals surface area contributed by atoms with Crippen molar-refractivity contribution in [3.63, 3.8) is 0 Å². The fourth-order valence-corrected chi connectivity index (χ4v) is 1.37. The molecule has 0 spiro atoms. The van der Waals surface area contributed by atoms with Crippen molar-refractivity contribution >= 4 is 0 Å². The number of ether oxygens (including phenoxy) is 1. The Labute approximate surface area is 90.9 Å². The summed E-state index contributed by atoms with van der Waals surface area (Å²) < 4.78 is 5.52. The van der Waals surface area contributed by atoms with Gasteiger partial charge in [-0.2, -0.15) is 0 Å². The van der Waals surface area contributed by atoms with Crippen LogP contribution in [0, 0.1) is 0 Å². The highest BCUT2D eigenvalue weighted by Gasteiger charge is 2.05. The quantitative estimate of drug-likeness (QED) is 0.778. The van der Waals surface area contributed by atoms with Gasteiger partial charge < -0.3 is 15.6 Å². The van der Waals surface area contributed by atoms with E-state index in [-0.39, 0.29) is 18.8 Å². The van der Waals surface area contributed by atoms with Crippen molar-refractivity contribution in [1.29, 1.82) is 0 Å². The molecule has 0 saturated carbocycles. The van der Waals surface area contributed by atoms with Gasteiger partial charge in [0.25, 0.3) is 0 Å². The Kier molecular flexibility index (Phi) is 4.59. The van der Waals surface area contributed by atoms with E-state index in [1.165, 1.54) is 0 Å². The van der Waals surface area contributed by atoms with Gasteiger partial charge in [0.15, 0.2) is 0 Å². The molecule has 1 atom stereocenters. The third-order valence-electron chi connectivity index (χ3n) is 2.12. The SMILES string of the molecule is CC(C)Oc1ccc(C(N)CCO)cc1. The molecule has 15 heavy (non-hydrogen) atoms. The smallest absolute Gasteiger partial charge is 0.119 e. The fourth-order valence-electron chi connectivity index (χ4n) is 1.37. The van der Waals surface area contributed by atoms with E-state index < -0.39 is 0 Å². The first-order valence-electron chi connectivity index (χ1n) is 5.26. The maximum Gasteiger partial charge on any atom is 0.119 e. The molecular weight excluding hydrogens is 190 g/mol. The van der Waals surface area contributed by atoms with Gasteiger partial charge in [-0.1, -0.05) is 12.1 Å². The van der Waals surface area contributed by atoms with Crippen molar-refractivity contribution in [2.45, 2.75) is 32.4 Å².